The molecule has 1 saturated heterocycles. The number of hydrogen-bond donors (Lipinski definition) is 2. The first-order valence-corrected chi connectivity index (χ1v) is 10.0. The topological polar surface area (TPSA) is 95.7 Å². The van der Waals surface area contributed by atoms with Gasteiger partial charge in [0.2, 0.25) is 11.8 Å². The van der Waals surface area contributed by atoms with Crippen LogP contribution in [0.5, 0.6) is 0 Å². The zero-order chi connectivity index (χ0) is 19.6. The van der Waals surface area contributed by atoms with Crippen molar-refractivity contribution in [3.05, 3.63) is 11.8 Å². The Kier molecular flexibility index (Phi) is 5.89. The fourth-order valence-corrected chi connectivity index (χ4v) is 3.92. The molecule has 1 atom stereocenters. The summed E-state index contributed by atoms with van der Waals surface area (Å²) in [6.45, 7) is 6.66. The number of rotatable bonds is 3. The van der Waals surface area contributed by atoms with Crippen LogP contribution in [0.1, 0.15) is 71.5 Å². The van der Waals surface area contributed by atoms with E-state index in [1.54, 1.807) is 11.0 Å². The van der Waals surface area contributed by atoms with Gasteiger partial charge in [-0.15, -0.1) is 0 Å². The maximum absolute atomic E-state index is 13.0. The summed E-state index contributed by atoms with van der Waals surface area (Å²) in [7, 11) is 0. The van der Waals surface area contributed by atoms with Gasteiger partial charge in [0.15, 0.2) is 5.82 Å². The minimum atomic E-state index is -0.465. The van der Waals surface area contributed by atoms with Gasteiger partial charge in [0.05, 0.1) is 6.10 Å². The lowest BCUT2D eigenvalue weighted by Gasteiger charge is -2.38. The average Bonchev–Trinajstić information content (AvgIpc) is 3.10. The smallest absolute Gasteiger partial charge is 0.248 e. The zero-order valence-corrected chi connectivity index (χ0v) is 16.5. The van der Waals surface area contributed by atoms with E-state index in [2.05, 4.69) is 10.5 Å². The minimum absolute atomic E-state index is 0.0530. The molecule has 0 aromatic carbocycles. The van der Waals surface area contributed by atoms with Crippen molar-refractivity contribution < 1.29 is 19.2 Å². The maximum atomic E-state index is 13.0. The van der Waals surface area contributed by atoms with Crippen LogP contribution >= 0.6 is 0 Å². The summed E-state index contributed by atoms with van der Waals surface area (Å²) in [5.74, 6) is 0.866. The molecule has 2 amide bonds. The van der Waals surface area contributed by atoms with Crippen LogP contribution in [0.2, 0.25) is 0 Å². The van der Waals surface area contributed by atoms with Crippen molar-refractivity contribution in [1.82, 2.24) is 10.1 Å². The van der Waals surface area contributed by atoms with Gasteiger partial charge >= 0.3 is 0 Å². The molecule has 27 heavy (non-hydrogen) atoms. The summed E-state index contributed by atoms with van der Waals surface area (Å²) >= 11 is 0. The van der Waals surface area contributed by atoms with Crippen LogP contribution in [0, 0.1) is 5.92 Å². The van der Waals surface area contributed by atoms with Gasteiger partial charge in [-0.1, -0.05) is 25.9 Å². The van der Waals surface area contributed by atoms with Gasteiger partial charge in [0.1, 0.15) is 11.8 Å². The first-order valence-electron chi connectivity index (χ1n) is 10.0. The third kappa shape index (κ3) is 4.69. The summed E-state index contributed by atoms with van der Waals surface area (Å²) in [5, 5.41) is 16.4. The van der Waals surface area contributed by atoms with E-state index >= 15 is 0 Å². The van der Waals surface area contributed by atoms with Gasteiger partial charge in [0.25, 0.3) is 0 Å². The van der Waals surface area contributed by atoms with E-state index in [1.165, 1.54) is 0 Å². The van der Waals surface area contributed by atoms with Crippen molar-refractivity contribution in [3.63, 3.8) is 0 Å². The van der Waals surface area contributed by atoms with Crippen LogP contribution in [-0.4, -0.2) is 45.7 Å². The molecule has 2 fully saturated rings. The fourth-order valence-electron chi connectivity index (χ4n) is 3.92. The number of amides is 2. The molecule has 0 spiro atoms. The van der Waals surface area contributed by atoms with Gasteiger partial charge in [0, 0.05) is 23.9 Å². The monoisotopic (exact) mass is 377 g/mol. The quantitative estimate of drug-likeness (QED) is 0.844. The third-order valence-corrected chi connectivity index (χ3v) is 5.64. The Morgan fingerprint density at radius 3 is 2.52 bits per heavy atom. The molecule has 0 radical (unpaired) electrons. The highest BCUT2D eigenvalue weighted by Crippen LogP contribution is 2.29. The minimum Gasteiger partial charge on any atom is -0.393 e. The van der Waals surface area contributed by atoms with Crippen molar-refractivity contribution in [3.8, 4) is 0 Å². The lowest BCUT2D eigenvalue weighted by molar-refractivity contribution is -0.145. The van der Waals surface area contributed by atoms with E-state index in [1.807, 2.05) is 20.8 Å². The lowest BCUT2D eigenvalue weighted by Crippen LogP contribution is -2.52. The molecule has 0 unspecified atom stereocenters. The molecule has 1 saturated carbocycles. The van der Waals surface area contributed by atoms with Gasteiger partial charge < -0.3 is 19.8 Å². The number of likely N-dealkylation sites (tertiary alicyclic amines) is 1. The van der Waals surface area contributed by atoms with Crippen LogP contribution in [0.3, 0.4) is 0 Å². The molecule has 1 aromatic rings. The Morgan fingerprint density at radius 2 is 1.89 bits per heavy atom. The van der Waals surface area contributed by atoms with E-state index in [0.717, 1.165) is 12.8 Å². The largest absolute Gasteiger partial charge is 0.393 e. The van der Waals surface area contributed by atoms with Gasteiger partial charge in [-0.05, 0) is 44.9 Å². The SMILES string of the molecule is CC(C)(C)c1cc(NC(=O)[C@@H]2CCCCN2C(=O)C2CCC(O)CC2)no1. The third-order valence-electron chi connectivity index (χ3n) is 5.64. The number of aliphatic hydroxyl groups excluding tert-OH is 1. The van der Waals surface area contributed by atoms with Crippen LogP contribution in [0.15, 0.2) is 10.6 Å². The van der Waals surface area contributed by atoms with Crippen molar-refractivity contribution >= 4 is 17.6 Å². The number of carbonyl (C=O) groups is 2. The first-order chi connectivity index (χ1) is 12.8. The number of nitrogens with one attached hydrogen (secondary N) is 1. The summed E-state index contributed by atoms with van der Waals surface area (Å²) in [5.41, 5.74) is -0.186. The second-order valence-corrected chi connectivity index (χ2v) is 8.86. The predicted octanol–water partition coefficient (Wildman–Crippen LogP) is 2.84. The summed E-state index contributed by atoms with van der Waals surface area (Å²) in [6.07, 6.45) is 4.94. The highest BCUT2D eigenvalue weighted by molar-refractivity contribution is 5.97. The molecule has 1 aromatic heterocycles. The second-order valence-electron chi connectivity index (χ2n) is 8.86. The standard InChI is InChI=1S/C20H31N3O4/c1-20(2,3)16-12-17(22-27-16)21-18(25)15-6-4-5-11-23(15)19(26)13-7-9-14(24)10-8-13/h12-15,24H,4-11H2,1-3H3,(H,21,22,25)/t13?,14?,15-/m0/s1. The molecular formula is C20H31N3O4. The summed E-state index contributed by atoms with van der Waals surface area (Å²) in [6, 6.07) is 1.28. The molecule has 2 aliphatic rings. The summed E-state index contributed by atoms with van der Waals surface area (Å²) in [4.78, 5) is 27.6. The van der Waals surface area contributed by atoms with Crippen molar-refractivity contribution in [2.24, 2.45) is 5.92 Å². The Morgan fingerprint density at radius 1 is 1.19 bits per heavy atom. The fraction of sp³-hybridized carbons (Fsp3) is 0.750. The Balaban J connectivity index is 1.66. The average molecular weight is 377 g/mol. The lowest BCUT2D eigenvalue weighted by atomic mass is 9.85. The Labute approximate surface area is 160 Å². The van der Waals surface area contributed by atoms with Crippen LogP contribution in [-0.2, 0) is 15.0 Å². The zero-order valence-electron chi connectivity index (χ0n) is 16.5. The van der Waals surface area contributed by atoms with E-state index in [0.29, 0.717) is 50.2 Å². The van der Waals surface area contributed by atoms with E-state index in [4.69, 9.17) is 4.52 Å². The highest BCUT2D eigenvalue weighted by Gasteiger charge is 2.37. The van der Waals surface area contributed by atoms with Crippen molar-refractivity contribution in [2.45, 2.75) is 83.3 Å². The van der Waals surface area contributed by atoms with E-state index in [9.17, 15) is 14.7 Å². The van der Waals surface area contributed by atoms with Gasteiger partial charge in [-0.25, -0.2) is 0 Å². The second kappa shape index (κ2) is 8.00. The molecule has 2 N–H and O–H groups in total. The molecule has 7 heteroatoms. The van der Waals surface area contributed by atoms with Crippen molar-refractivity contribution in [2.75, 3.05) is 11.9 Å². The first kappa shape index (κ1) is 19.9. The maximum Gasteiger partial charge on any atom is 0.248 e. The van der Waals surface area contributed by atoms with Crippen LogP contribution in [0.4, 0.5) is 5.82 Å². The highest BCUT2D eigenvalue weighted by atomic mass is 16.5. The van der Waals surface area contributed by atoms with E-state index < -0.39 is 6.04 Å². The van der Waals surface area contributed by atoms with Gasteiger partial charge in [-0.3, -0.25) is 9.59 Å². The number of aliphatic hydroxyl groups is 1. The van der Waals surface area contributed by atoms with Gasteiger partial charge in [-0.2, -0.15) is 0 Å². The van der Waals surface area contributed by atoms with Crippen LogP contribution < -0.4 is 5.32 Å². The molecule has 7 nitrogen and oxygen atoms in total. The summed E-state index contributed by atoms with van der Waals surface area (Å²) < 4.78 is 5.33. The number of carbonyl (C=O) groups excluding carboxylic acids is 2. The van der Waals surface area contributed by atoms with Crippen molar-refractivity contribution in [1.29, 1.82) is 0 Å². The molecule has 150 valence electrons. The normalized spacial score (nSPS) is 26.7. The van der Waals surface area contributed by atoms with Crippen LogP contribution in [0.25, 0.3) is 0 Å². The molecule has 0 bridgehead atoms. The Hall–Kier alpha value is -1.89. The molecule has 1 aliphatic heterocycles. The molecule has 1 aliphatic carbocycles. The molecule has 3 rings (SSSR count). The molecular weight excluding hydrogens is 346 g/mol. The number of piperidine rings is 1. The number of anilines is 1. The van der Waals surface area contributed by atoms with E-state index in [-0.39, 0.29) is 29.3 Å². The predicted molar refractivity (Wildman–Crippen MR) is 101 cm³/mol. The number of nitrogens with zero attached hydrogens (tertiary/aromatic N) is 2. The number of hydrogen-bond acceptors (Lipinski definition) is 5. The Bertz CT molecular complexity index is 671. The number of aromatic nitrogens is 1. The molecule has 2 heterocycles.